The Balaban J connectivity index is 1.86. The lowest BCUT2D eigenvalue weighted by molar-refractivity contribution is 0.675. The maximum Gasteiger partial charge on any atom is 0.0537 e. The van der Waals surface area contributed by atoms with Gasteiger partial charge in [0.25, 0.3) is 0 Å². The van der Waals surface area contributed by atoms with Gasteiger partial charge in [0.15, 0.2) is 0 Å². The van der Waals surface area contributed by atoms with E-state index in [0.717, 1.165) is 13.1 Å². The van der Waals surface area contributed by atoms with Crippen molar-refractivity contribution in [3.63, 3.8) is 0 Å². The normalized spacial score (nSPS) is 10.8. The molecule has 0 aliphatic carbocycles. The molecule has 0 aromatic carbocycles. The summed E-state index contributed by atoms with van der Waals surface area (Å²) in [5.74, 6) is 0. The fourth-order valence-electron chi connectivity index (χ4n) is 1.53. The summed E-state index contributed by atoms with van der Waals surface area (Å²) in [6, 6.07) is 4.08. The quantitative estimate of drug-likeness (QED) is 0.789. The Kier molecular flexibility index (Phi) is 2.87. The Bertz CT molecular complexity index is 414. The van der Waals surface area contributed by atoms with Gasteiger partial charge >= 0.3 is 0 Å². The van der Waals surface area contributed by atoms with Gasteiger partial charge in [0.05, 0.1) is 6.20 Å². The predicted molar refractivity (Wildman–Crippen MR) is 59.3 cm³/mol. The zero-order valence-electron chi connectivity index (χ0n) is 9.12. The first-order valence-electron chi connectivity index (χ1n) is 5.08. The van der Waals surface area contributed by atoms with Gasteiger partial charge in [-0.1, -0.05) is 0 Å². The van der Waals surface area contributed by atoms with E-state index < -0.39 is 0 Å². The lowest BCUT2D eigenvalue weighted by atomic mass is 10.2. The van der Waals surface area contributed by atoms with Gasteiger partial charge in [0, 0.05) is 43.3 Å². The summed E-state index contributed by atoms with van der Waals surface area (Å²) in [5, 5.41) is 7.57. The molecule has 4 nitrogen and oxygen atoms in total. The van der Waals surface area contributed by atoms with E-state index in [1.54, 1.807) is 0 Å². The molecule has 4 heteroatoms. The van der Waals surface area contributed by atoms with Crippen molar-refractivity contribution in [3.8, 4) is 0 Å². The molecule has 0 amide bonds. The van der Waals surface area contributed by atoms with Gasteiger partial charge < -0.3 is 10.3 Å². The molecular formula is C11H16N4. The highest BCUT2D eigenvalue weighted by Gasteiger charge is 2.02. The molecule has 0 saturated heterocycles. The zero-order chi connectivity index (χ0) is 10.7. The summed E-state index contributed by atoms with van der Waals surface area (Å²) in [6.45, 7) is 3.80. The monoisotopic (exact) mass is 204 g/mol. The predicted octanol–water partition coefficient (Wildman–Crippen LogP) is 1.35. The van der Waals surface area contributed by atoms with E-state index in [1.807, 2.05) is 30.2 Å². The van der Waals surface area contributed by atoms with Gasteiger partial charge in [-0.3, -0.25) is 4.68 Å². The minimum atomic E-state index is 0.860. The van der Waals surface area contributed by atoms with Crippen LogP contribution in [0, 0.1) is 6.92 Å². The second-order valence-corrected chi connectivity index (χ2v) is 3.68. The summed E-state index contributed by atoms with van der Waals surface area (Å²) in [7, 11) is 1.96. The maximum atomic E-state index is 4.20. The van der Waals surface area contributed by atoms with E-state index in [2.05, 4.69) is 28.4 Å². The first-order chi connectivity index (χ1) is 7.27. The Labute approximate surface area is 89.3 Å². The van der Waals surface area contributed by atoms with Crippen LogP contribution in [0.2, 0.25) is 0 Å². The molecule has 0 atom stereocenters. The number of H-pyrrole nitrogens is 1. The summed E-state index contributed by atoms with van der Waals surface area (Å²) in [5.41, 5.74) is 3.68. The van der Waals surface area contributed by atoms with E-state index in [9.17, 15) is 0 Å². The second kappa shape index (κ2) is 4.31. The van der Waals surface area contributed by atoms with E-state index >= 15 is 0 Å². The average molecular weight is 204 g/mol. The molecule has 0 aliphatic heterocycles. The number of aromatic amines is 1. The van der Waals surface area contributed by atoms with Crippen molar-refractivity contribution in [2.45, 2.75) is 20.0 Å². The van der Waals surface area contributed by atoms with Crippen molar-refractivity contribution in [1.82, 2.24) is 20.1 Å². The highest BCUT2D eigenvalue weighted by atomic mass is 15.3. The maximum absolute atomic E-state index is 4.20. The fourth-order valence-corrected chi connectivity index (χ4v) is 1.53. The molecule has 0 spiro atoms. The topological polar surface area (TPSA) is 45.6 Å². The third-order valence-electron chi connectivity index (χ3n) is 2.63. The SMILES string of the molecule is Cc1c(CNCc2ccc[nH]2)cnn1C. The molecule has 0 fully saturated rings. The van der Waals surface area contributed by atoms with Crippen LogP contribution in [-0.4, -0.2) is 14.8 Å². The zero-order valence-corrected chi connectivity index (χ0v) is 9.12. The Morgan fingerprint density at radius 3 is 2.93 bits per heavy atom. The largest absolute Gasteiger partial charge is 0.364 e. The molecule has 0 unspecified atom stereocenters. The number of nitrogens with zero attached hydrogens (tertiary/aromatic N) is 2. The van der Waals surface area contributed by atoms with Crippen LogP contribution in [0.25, 0.3) is 0 Å². The van der Waals surface area contributed by atoms with Crippen LogP contribution >= 0.6 is 0 Å². The molecule has 2 heterocycles. The molecule has 0 radical (unpaired) electrons. The van der Waals surface area contributed by atoms with Crippen molar-refractivity contribution < 1.29 is 0 Å². The first-order valence-corrected chi connectivity index (χ1v) is 5.08. The number of rotatable bonds is 4. The van der Waals surface area contributed by atoms with Crippen molar-refractivity contribution in [1.29, 1.82) is 0 Å². The number of hydrogen-bond donors (Lipinski definition) is 2. The lowest BCUT2D eigenvalue weighted by Crippen LogP contribution is -2.13. The molecule has 2 aromatic rings. The Morgan fingerprint density at radius 1 is 1.47 bits per heavy atom. The average Bonchev–Trinajstić information content (AvgIpc) is 2.83. The standard InChI is InChI=1S/C11H16N4/c1-9-10(7-14-15(9)2)6-12-8-11-4-3-5-13-11/h3-5,7,12-13H,6,8H2,1-2H3. The third-order valence-corrected chi connectivity index (χ3v) is 2.63. The highest BCUT2D eigenvalue weighted by molar-refractivity contribution is 5.15. The first kappa shape index (κ1) is 9.98. The van der Waals surface area contributed by atoms with Crippen molar-refractivity contribution in [3.05, 3.63) is 41.5 Å². The van der Waals surface area contributed by atoms with Crippen LogP contribution in [0.15, 0.2) is 24.5 Å². The molecule has 0 saturated carbocycles. The number of aryl methyl sites for hydroxylation is 1. The van der Waals surface area contributed by atoms with Gasteiger partial charge in [0.1, 0.15) is 0 Å². The summed E-state index contributed by atoms with van der Waals surface area (Å²) >= 11 is 0. The summed E-state index contributed by atoms with van der Waals surface area (Å²) < 4.78 is 1.89. The van der Waals surface area contributed by atoms with Gasteiger partial charge in [-0.15, -0.1) is 0 Å². The molecule has 2 rings (SSSR count). The van der Waals surface area contributed by atoms with Crippen molar-refractivity contribution in [2.75, 3.05) is 0 Å². The number of nitrogens with one attached hydrogen (secondary N) is 2. The summed E-state index contributed by atoms with van der Waals surface area (Å²) in [6.07, 6.45) is 3.85. The van der Waals surface area contributed by atoms with Crippen LogP contribution in [0.4, 0.5) is 0 Å². The Morgan fingerprint density at radius 2 is 2.33 bits per heavy atom. The van der Waals surface area contributed by atoms with E-state index in [0.29, 0.717) is 0 Å². The summed E-state index contributed by atoms with van der Waals surface area (Å²) in [4.78, 5) is 3.16. The van der Waals surface area contributed by atoms with E-state index in [4.69, 9.17) is 0 Å². The molecule has 2 N–H and O–H groups in total. The van der Waals surface area contributed by atoms with Crippen LogP contribution in [0.1, 0.15) is 17.0 Å². The van der Waals surface area contributed by atoms with Gasteiger partial charge in [0.2, 0.25) is 0 Å². The fraction of sp³-hybridized carbons (Fsp3) is 0.364. The van der Waals surface area contributed by atoms with Crippen LogP contribution < -0.4 is 5.32 Å². The van der Waals surface area contributed by atoms with Crippen molar-refractivity contribution in [2.24, 2.45) is 7.05 Å². The van der Waals surface area contributed by atoms with Gasteiger partial charge in [-0.25, -0.2) is 0 Å². The van der Waals surface area contributed by atoms with Crippen LogP contribution in [0.5, 0.6) is 0 Å². The molecule has 0 bridgehead atoms. The lowest BCUT2D eigenvalue weighted by Gasteiger charge is -2.02. The van der Waals surface area contributed by atoms with Gasteiger partial charge in [-0.05, 0) is 19.1 Å². The molecule has 0 aliphatic rings. The molecular weight excluding hydrogens is 188 g/mol. The van der Waals surface area contributed by atoms with Crippen LogP contribution in [-0.2, 0) is 20.1 Å². The second-order valence-electron chi connectivity index (χ2n) is 3.68. The third kappa shape index (κ3) is 2.27. The number of hydrogen-bond acceptors (Lipinski definition) is 2. The van der Waals surface area contributed by atoms with E-state index in [-0.39, 0.29) is 0 Å². The van der Waals surface area contributed by atoms with Crippen LogP contribution in [0.3, 0.4) is 0 Å². The van der Waals surface area contributed by atoms with E-state index in [1.165, 1.54) is 17.0 Å². The number of aromatic nitrogens is 3. The highest BCUT2D eigenvalue weighted by Crippen LogP contribution is 2.05. The Hall–Kier alpha value is -1.55. The smallest absolute Gasteiger partial charge is 0.0537 e. The van der Waals surface area contributed by atoms with Crippen molar-refractivity contribution >= 4 is 0 Å². The molecule has 15 heavy (non-hydrogen) atoms. The molecule has 2 aromatic heterocycles. The minimum absolute atomic E-state index is 0.860. The minimum Gasteiger partial charge on any atom is -0.364 e. The van der Waals surface area contributed by atoms with Gasteiger partial charge in [-0.2, -0.15) is 5.10 Å². The molecule has 80 valence electrons.